The van der Waals surface area contributed by atoms with Gasteiger partial charge in [0.15, 0.2) is 0 Å². The van der Waals surface area contributed by atoms with E-state index in [9.17, 15) is 4.39 Å². The molecule has 0 atom stereocenters. The summed E-state index contributed by atoms with van der Waals surface area (Å²) in [5, 5.41) is 3.42. The molecule has 1 N–H and O–H groups in total. The first-order valence-electron chi connectivity index (χ1n) is 6.34. The van der Waals surface area contributed by atoms with E-state index >= 15 is 0 Å². The number of benzene rings is 1. The first-order chi connectivity index (χ1) is 8.13. The quantitative estimate of drug-likeness (QED) is 0.735. The van der Waals surface area contributed by atoms with Crippen molar-refractivity contribution < 1.29 is 4.39 Å². The number of hydrogen-bond acceptors (Lipinski definition) is 2. The average Bonchev–Trinajstić information content (AvgIpc) is 2.30. The van der Waals surface area contributed by atoms with E-state index < -0.39 is 0 Å². The van der Waals surface area contributed by atoms with Crippen LogP contribution in [-0.2, 0) is 0 Å². The Balaban J connectivity index is 2.40. The monoisotopic (exact) mass is 238 g/mol. The van der Waals surface area contributed by atoms with Crippen LogP contribution in [0.2, 0.25) is 0 Å². The third kappa shape index (κ3) is 5.18. The van der Waals surface area contributed by atoms with Crippen molar-refractivity contribution in [1.29, 1.82) is 0 Å². The van der Waals surface area contributed by atoms with E-state index in [0.29, 0.717) is 5.92 Å². The Hall–Kier alpha value is -1.09. The molecule has 0 fully saturated rings. The molecule has 2 nitrogen and oxygen atoms in total. The predicted molar refractivity (Wildman–Crippen MR) is 72.0 cm³/mol. The summed E-state index contributed by atoms with van der Waals surface area (Å²) in [6.07, 6.45) is 0. The van der Waals surface area contributed by atoms with Crippen molar-refractivity contribution in [2.75, 3.05) is 31.1 Å². The van der Waals surface area contributed by atoms with Crippen molar-refractivity contribution in [3.8, 4) is 0 Å². The molecular formula is C14H23FN2. The van der Waals surface area contributed by atoms with Crippen molar-refractivity contribution in [2.45, 2.75) is 20.8 Å². The van der Waals surface area contributed by atoms with Gasteiger partial charge >= 0.3 is 0 Å². The van der Waals surface area contributed by atoms with E-state index in [-0.39, 0.29) is 5.82 Å². The van der Waals surface area contributed by atoms with Gasteiger partial charge in [0.25, 0.3) is 0 Å². The zero-order valence-corrected chi connectivity index (χ0v) is 11.0. The fourth-order valence-corrected chi connectivity index (χ4v) is 1.73. The van der Waals surface area contributed by atoms with E-state index in [1.54, 1.807) is 0 Å². The molecule has 1 aromatic rings. The molecule has 17 heavy (non-hydrogen) atoms. The normalized spacial score (nSPS) is 10.9. The van der Waals surface area contributed by atoms with Gasteiger partial charge in [-0.25, -0.2) is 4.39 Å². The van der Waals surface area contributed by atoms with Gasteiger partial charge in [0, 0.05) is 25.3 Å². The second kappa shape index (κ2) is 7.28. The van der Waals surface area contributed by atoms with E-state index in [1.807, 2.05) is 12.1 Å². The van der Waals surface area contributed by atoms with Crippen LogP contribution in [0.3, 0.4) is 0 Å². The van der Waals surface area contributed by atoms with Crippen LogP contribution in [0.15, 0.2) is 24.3 Å². The molecule has 0 saturated heterocycles. The Labute approximate surface area is 104 Å². The third-order valence-corrected chi connectivity index (χ3v) is 2.68. The first kappa shape index (κ1) is 14.0. The summed E-state index contributed by atoms with van der Waals surface area (Å²) in [6.45, 7) is 10.4. The van der Waals surface area contributed by atoms with Crippen LogP contribution < -0.4 is 10.2 Å². The van der Waals surface area contributed by atoms with Crippen LogP contribution in [0, 0.1) is 11.7 Å². The number of anilines is 1. The molecule has 96 valence electrons. The summed E-state index contributed by atoms with van der Waals surface area (Å²) in [6, 6.07) is 6.70. The van der Waals surface area contributed by atoms with E-state index in [2.05, 4.69) is 31.0 Å². The smallest absolute Gasteiger partial charge is 0.123 e. The minimum Gasteiger partial charge on any atom is -0.371 e. The molecule has 0 aliphatic rings. The number of halogens is 1. The Kier molecular flexibility index (Phi) is 5.98. The fraction of sp³-hybridized carbons (Fsp3) is 0.571. The van der Waals surface area contributed by atoms with Gasteiger partial charge in [-0.2, -0.15) is 0 Å². The highest BCUT2D eigenvalue weighted by Gasteiger charge is 2.03. The molecule has 0 aliphatic carbocycles. The largest absolute Gasteiger partial charge is 0.371 e. The zero-order valence-electron chi connectivity index (χ0n) is 11.0. The molecule has 0 heterocycles. The van der Waals surface area contributed by atoms with Crippen LogP contribution in [0.1, 0.15) is 20.8 Å². The fourth-order valence-electron chi connectivity index (χ4n) is 1.73. The topological polar surface area (TPSA) is 15.3 Å². The van der Waals surface area contributed by atoms with Crippen molar-refractivity contribution in [3.05, 3.63) is 30.1 Å². The van der Waals surface area contributed by atoms with Crippen molar-refractivity contribution >= 4 is 5.69 Å². The molecule has 0 radical (unpaired) electrons. The molecule has 0 unspecified atom stereocenters. The minimum atomic E-state index is -0.178. The zero-order chi connectivity index (χ0) is 12.7. The second-order valence-corrected chi connectivity index (χ2v) is 4.65. The second-order valence-electron chi connectivity index (χ2n) is 4.65. The van der Waals surface area contributed by atoms with Gasteiger partial charge in [-0.15, -0.1) is 0 Å². The lowest BCUT2D eigenvalue weighted by molar-refractivity contribution is 0.551. The molecule has 0 spiro atoms. The third-order valence-electron chi connectivity index (χ3n) is 2.68. The van der Waals surface area contributed by atoms with Gasteiger partial charge in [-0.05, 0) is 43.7 Å². The maximum Gasteiger partial charge on any atom is 0.123 e. The maximum absolute atomic E-state index is 12.8. The summed E-state index contributed by atoms with van der Waals surface area (Å²) in [7, 11) is 0. The number of rotatable bonds is 7. The van der Waals surface area contributed by atoms with Crippen LogP contribution in [0.4, 0.5) is 10.1 Å². The maximum atomic E-state index is 12.8. The summed E-state index contributed by atoms with van der Waals surface area (Å²) >= 11 is 0. The molecule has 0 saturated carbocycles. The van der Waals surface area contributed by atoms with Crippen molar-refractivity contribution in [1.82, 2.24) is 5.32 Å². The Morgan fingerprint density at radius 3 is 2.41 bits per heavy atom. The van der Waals surface area contributed by atoms with Crippen molar-refractivity contribution in [3.63, 3.8) is 0 Å². The van der Waals surface area contributed by atoms with Gasteiger partial charge in [0.05, 0.1) is 0 Å². The average molecular weight is 238 g/mol. The predicted octanol–water partition coefficient (Wildman–Crippen LogP) is 2.90. The summed E-state index contributed by atoms with van der Waals surface area (Å²) in [5.74, 6) is 0.499. The van der Waals surface area contributed by atoms with Gasteiger partial charge in [0.1, 0.15) is 5.82 Å². The van der Waals surface area contributed by atoms with E-state index in [4.69, 9.17) is 0 Å². The van der Waals surface area contributed by atoms with Gasteiger partial charge in [-0.1, -0.05) is 13.8 Å². The minimum absolute atomic E-state index is 0.178. The molecule has 0 aromatic heterocycles. The van der Waals surface area contributed by atoms with Gasteiger partial charge in [0.2, 0.25) is 0 Å². The van der Waals surface area contributed by atoms with Crippen LogP contribution in [0.25, 0.3) is 0 Å². The Bertz CT molecular complexity index is 309. The van der Waals surface area contributed by atoms with E-state index in [1.165, 1.54) is 12.1 Å². The number of likely N-dealkylation sites (N-methyl/N-ethyl adjacent to an activating group) is 1. The van der Waals surface area contributed by atoms with Gasteiger partial charge < -0.3 is 10.2 Å². The Morgan fingerprint density at radius 2 is 1.88 bits per heavy atom. The Morgan fingerprint density at radius 1 is 1.24 bits per heavy atom. The van der Waals surface area contributed by atoms with Gasteiger partial charge in [-0.3, -0.25) is 0 Å². The molecule has 1 rings (SSSR count). The number of nitrogens with zero attached hydrogens (tertiary/aromatic N) is 1. The molecule has 3 heteroatoms. The lowest BCUT2D eigenvalue weighted by Crippen LogP contribution is -2.33. The molecule has 1 aromatic carbocycles. The summed E-state index contributed by atoms with van der Waals surface area (Å²) < 4.78 is 12.8. The summed E-state index contributed by atoms with van der Waals surface area (Å²) in [5.41, 5.74) is 1.08. The number of hydrogen-bond donors (Lipinski definition) is 1. The standard InChI is InChI=1S/C14H23FN2/c1-4-17(10-9-16-11-12(2)3)14-7-5-13(15)6-8-14/h5-8,12,16H,4,9-11H2,1-3H3. The van der Waals surface area contributed by atoms with Crippen LogP contribution in [0.5, 0.6) is 0 Å². The first-order valence-corrected chi connectivity index (χ1v) is 6.34. The lowest BCUT2D eigenvalue weighted by atomic mass is 10.2. The van der Waals surface area contributed by atoms with Crippen LogP contribution >= 0.6 is 0 Å². The number of nitrogens with one attached hydrogen (secondary N) is 1. The van der Waals surface area contributed by atoms with Crippen LogP contribution in [-0.4, -0.2) is 26.2 Å². The van der Waals surface area contributed by atoms with Crippen molar-refractivity contribution in [2.24, 2.45) is 5.92 Å². The lowest BCUT2D eigenvalue weighted by Gasteiger charge is -2.23. The molecular weight excluding hydrogens is 215 g/mol. The summed E-state index contributed by atoms with van der Waals surface area (Å²) in [4.78, 5) is 2.24. The highest BCUT2D eigenvalue weighted by Crippen LogP contribution is 2.13. The van der Waals surface area contributed by atoms with E-state index in [0.717, 1.165) is 31.9 Å². The molecule has 0 aliphatic heterocycles. The molecule has 0 bridgehead atoms. The highest BCUT2D eigenvalue weighted by molar-refractivity contribution is 5.46. The molecule has 0 amide bonds. The SMILES string of the molecule is CCN(CCNCC(C)C)c1ccc(F)cc1. The highest BCUT2D eigenvalue weighted by atomic mass is 19.1.